The van der Waals surface area contributed by atoms with Crippen molar-refractivity contribution in [3.05, 3.63) is 70.2 Å². The van der Waals surface area contributed by atoms with Gasteiger partial charge >= 0.3 is 0 Å². The average Bonchev–Trinajstić information content (AvgIpc) is 2.62. The van der Waals surface area contributed by atoms with E-state index in [0.717, 1.165) is 15.5 Å². The molecule has 0 N–H and O–H groups in total. The molecule has 2 aromatic heterocycles. The molecule has 0 aliphatic heterocycles. The first-order chi connectivity index (χ1) is 12.8. The monoisotopic (exact) mass is 482 g/mol. The Bertz CT molecular complexity index is 901. The van der Waals surface area contributed by atoms with Gasteiger partial charge in [0, 0.05) is 63.6 Å². The maximum atomic E-state index is 13.6. The SMILES string of the molecule is CN(C)c1ccnc(-c2ccc(F)cc2F)c1.CN(C)c1ccnc(I)c1. The van der Waals surface area contributed by atoms with Gasteiger partial charge in [0.05, 0.1) is 5.69 Å². The molecule has 3 aromatic rings. The van der Waals surface area contributed by atoms with E-state index < -0.39 is 11.6 Å². The summed E-state index contributed by atoms with van der Waals surface area (Å²) in [4.78, 5) is 12.1. The van der Waals surface area contributed by atoms with Gasteiger partial charge in [0.1, 0.15) is 15.3 Å². The minimum absolute atomic E-state index is 0.301. The molecule has 0 bridgehead atoms. The van der Waals surface area contributed by atoms with Crippen LogP contribution in [0.1, 0.15) is 0 Å². The van der Waals surface area contributed by atoms with Crippen LogP contribution in [0.3, 0.4) is 0 Å². The number of anilines is 2. The van der Waals surface area contributed by atoms with Gasteiger partial charge in [-0.2, -0.15) is 0 Å². The van der Waals surface area contributed by atoms with Gasteiger partial charge in [0.2, 0.25) is 0 Å². The first-order valence-corrected chi connectivity index (χ1v) is 9.23. The van der Waals surface area contributed by atoms with Crippen LogP contribution in [-0.2, 0) is 0 Å². The van der Waals surface area contributed by atoms with Gasteiger partial charge in [0.25, 0.3) is 0 Å². The Kier molecular flexibility index (Phi) is 7.46. The first kappa shape index (κ1) is 21.0. The van der Waals surface area contributed by atoms with Gasteiger partial charge in [-0.05, 0) is 59.0 Å². The van der Waals surface area contributed by atoms with E-state index in [9.17, 15) is 8.78 Å². The van der Waals surface area contributed by atoms with Crippen molar-refractivity contribution in [2.75, 3.05) is 38.0 Å². The van der Waals surface area contributed by atoms with Crippen molar-refractivity contribution in [3.63, 3.8) is 0 Å². The van der Waals surface area contributed by atoms with Gasteiger partial charge in [-0.1, -0.05) is 0 Å². The van der Waals surface area contributed by atoms with Gasteiger partial charge < -0.3 is 9.80 Å². The molecular formula is C20H21F2IN4. The third-order valence-electron chi connectivity index (χ3n) is 3.69. The Morgan fingerprint density at radius 3 is 1.89 bits per heavy atom. The lowest BCUT2D eigenvalue weighted by Crippen LogP contribution is -2.08. The van der Waals surface area contributed by atoms with Crippen LogP contribution in [0.15, 0.2) is 54.9 Å². The highest BCUT2D eigenvalue weighted by Crippen LogP contribution is 2.24. The van der Waals surface area contributed by atoms with Crippen molar-refractivity contribution in [1.29, 1.82) is 0 Å². The van der Waals surface area contributed by atoms with Crippen molar-refractivity contribution in [3.8, 4) is 11.3 Å². The third kappa shape index (κ3) is 6.13. The molecule has 0 saturated heterocycles. The second-order valence-corrected chi connectivity index (χ2v) is 7.25. The van der Waals surface area contributed by atoms with Crippen LogP contribution in [0.5, 0.6) is 0 Å². The number of rotatable bonds is 3. The molecule has 0 aliphatic carbocycles. The molecular weight excluding hydrogens is 461 g/mol. The molecule has 0 atom stereocenters. The van der Waals surface area contributed by atoms with Crippen LogP contribution < -0.4 is 9.80 Å². The summed E-state index contributed by atoms with van der Waals surface area (Å²) in [6.07, 6.45) is 3.42. The van der Waals surface area contributed by atoms with Gasteiger partial charge in [-0.25, -0.2) is 8.78 Å². The lowest BCUT2D eigenvalue weighted by Gasteiger charge is -2.13. The molecule has 4 nitrogen and oxygen atoms in total. The van der Waals surface area contributed by atoms with Crippen molar-refractivity contribution in [2.45, 2.75) is 0 Å². The maximum Gasteiger partial charge on any atom is 0.135 e. The summed E-state index contributed by atoms with van der Waals surface area (Å²) in [5, 5.41) is 0. The molecule has 1 aromatic carbocycles. The van der Waals surface area contributed by atoms with Crippen molar-refractivity contribution in [1.82, 2.24) is 9.97 Å². The predicted molar refractivity (Wildman–Crippen MR) is 115 cm³/mol. The fourth-order valence-corrected chi connectivity index (χ4v) is 2.69. The highest BCUT2D eigenvalue weighted by molar-refractivity contribution is 14.1. The standard InChI is InChI=1S/C13H12F2N2.C7H9IN2/c1-17(2)10-5-6-16-13(8-10)11-4-3-9(14)7-12(11)15;1-10(2)6-3-4-9-7(8)5-6/h3-8H,1-2H3;3-5H,1-2H3. The lowest BCUT2D eigenvalue weighted by molar-refractivity contribution is 0.585. The Hall–Kier alpha value is -2.29. The lowest BCUT2D eigenvalue weighted by atomic mass is 10.1. The van der Waals surface area contributed by atoms with E-state index in [1.807, 2.05) is 57.5 Å². The summed E-state index contributed by atoms with van der Waals surface area (Å²) in [6, 6.07) is 11.1. The Morgan fingerprint density at radius 2 is 1.37 bits per heavy atom. The number of pyridine rings is 2. The zero-order valence-corrected chi connectivity index (χ0v) is 17.8. The smallest absolute Gasteiger partial charge is 0.135 e. The number of hydrogen-bond acceptors (Lipinski definition) is 4. The summed E-state index contributed by atoms with van der Waals surface area (Å²) >= 11 is 2.20. The van der Waals surface area contributed by atoms with Crippen molar-refractivity contribution < 1.29 is 8.78 Å². The van der Waals surface area contributed by atoms with E-state index in [-0.39, 0.29) is 0 Å². The topological polar surface area (TPSA) is 32.3 Å². The summed E-state index contributed by atoms with van der Waals surface area (Å²) in [7, 11) is 7.82. The Labute approximate surface area is 172 Å². The predicted octanol–water partition coefficient (Wildman–Crippen LogP) is 4.85. The molecule has 0 unspecified atom stereocenters. The quantitative estimate of drug-likeness (QED) is 0.395. The van der Waals surface area contributed by atoms with Crippen LogP contribution in [0.25, 0.3) is 11.3 Å². The summed E-state index contributed by atoms with van der Waals surface area (Å²) < 4.78 is 27.4. The fraction of sp³-hybridized carbons (Fsp3) is 0.200. The fourth-order valence-electron chi connectivity index (χ4n) is 2.21. The first-order valence-electron chi connectivity index (χ1n) is 8.15. The molecule has 0 amide bonds. The van der Waals surface area contributed by atoms with E-state index >= 15 is 0 Å². The highest BCUT2D eigenvalue weighted by atomic mass is 127. The molecule has 3 rings (SSSR count). The molecule has 0 fully saturated rings. The minimum Gasteiger partial charge on any atom is -0.378 e. The van der Waals surface area contributed by atoms with Crippen LogP contribution in [-0.4, -0.2) is 38.2 Å². The highest BCUT2D eigenvalue weighted by Gasteiger charge is 2.08. The second kappa shape index (κ2) is 9.59. The third-order valence-corrected chi connectivity index (χ3v) is 4.28. The van der Waals surface area contributed by atoms with Crippen LogP contribution >= 0.6 is 22.6 Å². The van der Waals surface area contributed by atoms with Crippen molar-refractivity contribution >= 4 is 34.0 Å². The zero-order valence-electron chi connectivity index (χ0n) is 15.6. The minimum atomic E-state index is -0.603. The maximum absolute atomic E-state index is 13.6. The van der Waals surface area contributed by atoms with Gasteiger partial charge in [0.15, 0.2) is 0 Å². The van der Waals surface area contributed by atoms with Crippen LogP contribution in [0, 0.1) is 15.3 Å². The summed E-state index contributed by atoms with van der Waals surface area (Å²) in [5.41, 5.74) is 2.90. The summed E-state index contributed by atoms with van der Waals surface area (Å²) in [5.74, 6) is -1.19. The molecule has 2 heterocycles. The Balaban J connectivity index is 0.000000223. The number of nitrogens with zero attached hydrogens (tertiary/aromatic N) is 4. The van der Waals surface area contributed by atoms with E-state index in [0.29, 0.717) is 11.3 Å². The zero-order chi connectivity index (χ0) is 20.0. The Morgan fingerprint density at radius 1 is 0.778 bits per heavy atom. The van der Waals surface area contributed by atoms with Gasteiger partial charge in [-0.3, -0.25) is 9.97 Å². The second-order valence-electron chi connectivity index (χ2n) is 6.15. The number of benzene rings is 1. The largest absolute Gasteiger partial charge is 0.378 e. The number of aromatic nitrogens is 2. The molecule has 0 aliphatic rings. The molecule has 0 radical (unpaired) electrons. The normalized spacial score (nSPS) is 10.0. The van der Waals surface area contributed by atoms with E-state index in [2.05, 4.69) is 37.5 Å². The molecule has 0 saturated carbocycles. The summed E-state index contributed by atoms with van der Waals surface area (Å²) in [6.45, 7) is 0. The molecule has 142 valence electrons. The molecule has 27 heavy (non-hydrogen) atoms. The molecule has 0 spiro atoms. The van der Waals surface area contributed by atoms with Crippen LogP contribution in [0.2, 0.25) is 0 Å². The van der Waals surface area contributed by atoms with Crippen LogP contribution in [0.4, 0.5) is 20.2 Å². The van der Waals surface area contributed by atoms with E-state index in [1.165, 1.54) is 17.8 Å². The van der Waals surface area contributed by atoms with Crippen molar-refractivity contribution in [2.24, 2.45) is 0 Å². The van der Waals surface area contributed by atoms with Gasteiger partial charge in [-0.15, -0.1) is 0 Å². The van der Waals surface area contributed by atoms with E-state index in [1.54, 1.807) is 12.3 Å². The molecule has 7 heteroatoms. The number of halogens is 3. The van der Waals surface area contributed by atoms with E-state index in [4.69, 9.17) is 0 Å². The average molecular weight is 482 g/mol. The number of hydrogen-bond donors (Lipinski definition) is 0.